The number of quaternary nitrogens is 1. The third-order valence-corrected chi connectivity index (χ3v) is 7.24. The molecule has 0 aromatic carbocycles. The number of allylic oxidation sites excluding steroid dienone is 2. The number of amides is 1. The molecule has 0 aliphatic rings. The number of hydrogen-bond acceptors (Lipinski definition) is 2. The fraction of sp³-hybridized carbons (Fsp3) is 0.857. The van der Waals surface area contributed by atoms with Crippen molar-refractivity contribution in [2.24, 2.45) is 0 Å². The number of likely N-dealkylation sites (N-methyl/N-ethyl adjacent to an activating group) is 1. The summed E-state index contributed by atoms with van der Waals surface area (Å²) in [6.07, 6.45) is 22.3. The summed E-state index contributed by atoms with van der Waals surface area (Å²) in [5.74, 6) is -0.727. The lowest BCUT2D eigenvalue weighted by atomic mass is 9.99. The zero-order chi connectivity index (χ0) is 25.2. The minimum Gasteiger partial charge on any atom is -0.477 e. The van der Waals surface area contributed by atoms with Gasteiger partial charge in [0.1, 0.15) is 0 Å². The summed E-state index contributed by atoms with van der Waals surface area (Å²) >= 11 is 0. The van der Waals surface area contributed by atoms with Gasteiger partial charge in [-0.05, 0) is 38.5 Å². The average molecular weight is 468 g/mol. The van der Waals surface area contributed by atoms with Crippen LogP contribution in [0.1, 0.15) is 124 Å². The lowest BCUT2D eigenvalue weighted by Crippen LogP contribution is -2.64. The van der Waals surface area contributed by atoms with Crippen molar-refractivity contribution in [1.82, 2.24) is 5.32 Å². The molecule has 1 atom stereocenters. The number of nitrogens with zero attached hydrogens (tertiary/aromatic N) is 1. The Morgan fingerprint density at radius 2 is 1.33 bits per heavy atom. The molecule has 0 aliphatic heterocycles. The summed E-state index contributed by atoms with van der Waals surface area (Å²) in [5.41, 5.74) is -0.901. The molecule has 194 valence electrons. The van der Waals surface area contributed by atoms with E-state index in [4.69, 9.17) is 0 Å². The van der Waals surface area contributed by atoms with E-state index in [1.165, 1.54) is 70.6 Å². The molecule has 1 unspecified atom stereocenters. The zero-order valence-electron chi connectivity index (χ0n) is 22.8. The quantitative estimate of drug-likeness (QED) is 0.110. The van der Waals surface area contributed by atoms with Gasteiger partial charge in [-0.25, -0.2) is 4.79 Å². The first-order valence-corrected chi connectivity index (χ1v) is 13.6. The summed E-state index contributed by atoms with van der Waals surface area (Å²) in [4.78, 5) is 24.0. The third kappa shape index (κ3) is 14.5. The number of carboxylic acids is 1. The lowest BCUT2D eigenvalue weighted by molar-refractivity contribution is -0.929. The Kier molecular flexibility index (Phi) is 17.3. The maximum atomic E-state index is 12.4. The van der Waals surface area contributed by atoms with Gasteiger partial charge in [-0.2, -0.15) is 0 Å². The number of unbranched alkanes of at least 4 members (excludes halogenated alkanes) is 11. The van der Waals surface area contributed by atoms with Gasteiger partial charge in [0.25, 0.3) is 0 Å². The number of carboxylic acid groups (broad SMARTS) is 1. The summed E-state index contributed by atoms with van der Waals surface area (Å²) in [6, 6.07) is -0.00532. The van der Waals surface area contributed by atoms with Gasteiger partial charge in [-0.15, -0.1) is 0 Å². The largest absolute Gasteiger partial charge is 0.477 e. The van der Waals surface area contributed by atoms with Crippen molar-refractivity contribution in [2.45, 2.75) is 136 Å². The molecule has 0 spiro atoms. The number of aliphatic carboxylic acids is 1. The van der Waals surface area contributed by atoms with Crippen molar-refractivity contribution in [2.75, 3.05) is 20.6 Å². The minimum absolute atomic E-state index is 0.00532. The van der Waals surface area contributed by atoms with Crippen LogP contribution in [-0.4, -0.2) is 53.7 Å². The Bertz CT molecular complexity index is 555. The van der Waals surface area contributed by atoms with Crippen LogP contribution in [0.25, 0.3) is 0 Å². The van der Waals surface area contributed by atoms with E-state index in [2.05, 4.69) is 24.4 Å². The van der Waals surface area contributed by atoms with Gasteiger partial charge in [0.05, 0.1) is 26.7 Å². The predicted octanol–water partition coefficient (Wildman–Crippen LogP) is 6.86. The molecule has 2 N–H and O–H groups in total. The van der Waals surface area contributed by atoms with E-state index < -0.39 is 11.5 Å². The number of hydrogen-bond donors (Lipinski definition) is 2. The van der Waals surface area contributed by atoms with Gasteiger partial charge in [-0.3, -0.25) is 4.79 Å². The van der Waals surface area contributed by atoms with Crippen molar-refractivity contribution in [3.05, 3.63) is 12.2 Å². The second kappa shape index (κ2) is 18.0. The van der Waals surface area contributed by atoms with Crippen LogP contribution in [0.2, 0.25) is 0 Å². The number of rotatable bonds is 21. The smallest absolute Gasteiger partial charge is 0.365 e. The molecule has 0 heterocycles. The van der Waals surface area contributed by atoms with Crippen LogP contribution in [0.15, 0.2) is 12.2 Å². The van der Waals surface area contributed by atoms with Gasteiger partial charge in [0, 0.05) is 20.3 Å². The molecule has 0 aromatic rings. The van der Waals surface area contributed by atoms with Crippen molar-refractivity contribution >= 4 is 11.9 Å². The van der Waals surface area contributed by atoms with Crippen molar-refractivity contribution < 1.29 is 19.2 Å². The maximum absolute atomic E-state index is 12.4. The molecule has 0 radical (unpaired) electrons. The van der Waals surface area contributed by atoms with E-state index in [1.54, 1.807) is 13.8 Å². The summed E-state index contributed by atoms with van der Waals surface area (Å²) in [6.45, 7) is 8.40. The Balaban J connectivity index is 3.86. The summed E-state index contributed by atoms with van der Waals surface area (Å²) in [5, 5.41) is 12.7. The van der Waals surface area contributed by atoms with Crippen LogP contribution in [0.3, 0.4) is 0 Å². The van der Waals surface area contributed by atoms with Crippen LogP contribution in [0.5, 0.6) is 0 Å². The third-order valence-electron chi connectivity index (χ3n) is 7.24. The Morgan fingerprint density at radius 1 is 0.848 bits per heavy atom. The van der Waals surface area contributed by atoms with Crippen LogP contribution in [0.4, 0.5) is 0 Å². The highest BCUT2D eigenvalue weighted by Gasteiger charge is 2.44. The van der Waals surface area contributed by atoms with E-state index in [1.807, 2.05) is 21.0 Å². The average Bonchev–Trinajstić information content (AvgIpc) is 2.75. The highest BCUT2D eigenvalue weighted by atomic mass is 16.4. The molecule has 1 amide bonds. The Morgan fingerprint density at radius 3 is 1.82 bits per heavy atom. The first-order chi connectivity index (χ1) is 15.6. The van der Waals surface area contributed by atoms with Crippen molar-refractivity contribution in [3.8, 4) is 0 Å². The molecule has 0 saturated carbocycles. The first-order valence-electron chi connectivity index (χ1n) is 13.6. The standard InChI is InChI=1S/C28H54N2O3/c1-7-9-10-11-12-13-14-15-16-17-18-19-20-21-22-23-26(31)29-25(8-2)24-30(5,6)28(3,4)27(32)33/h15-16,25H,7-14,17-24H2,1-6H3,(H-,29,31,32,33)/p+1. The Labute approximate surface area is 205 Å². The van der Waals surface area contributed by atoms with Crippen LogP contribution >= 0.6 is 0 Å². The van der Waals surface area contributed by atoms with Gasteiger partial charge < -0.3 is 14.9 Å². The fourth-order valence-electron chi connectivity index (χ4n) is 3.97. The van der Waals surface area contributed by atoms with Gasteiger partial charge in [0.15, 0.2) is 5.54 Å². The SMILES string of the molecule is CCCCCCCCC=CCCCCCCCC(=O)NC(CC)C[N+](C)(C)C(C)(C)C(=O)O. The second-order valence-corrected chi connectivity index (χ2v) is 10.7. The highest BCUT2D eigenvalue weighted by Crippen LogP contribution is 2.21. The van der Waals surface area contributed by atoms with E-state index >= 15 is 0 Å². The van der Waals surface area contributed by atoms with Crippen molar-refractivity contribution in [1.29, 1.82) is 0 Å². The normalized spacial score (nSPS) is 13.4. The van der Waals surface area contributed by atoms with Crippen LogP contribution in [-0.2, 0) is 9.59 Å². The van der Waals surface area contributed by atoms with E-state index in [-0.39, 0.29) is 11.9 Å². The lowest BCUT2D eigenvalue weighted by Gasteiger charge is -2.43. The molecule has 33 heavy (non-hydrogen) atoms. The van der Waals surface area contributed by atoms with Gasteiger partial charge in [0.2, 0.25) is 5.91 Å². The second-order valence-electron chi connectivity index (χ2n) is 10.7. The molecule has 0 aromatic heterocycles. The zero-order valence-corrected chi connectivity index (χ0v) is 22.8. The van der Waals surface area contributed by atoms with Crippen molar-refractivity contribution in [3.63, 3.8) is 0 Å². The van der Waals surface area contributed by atoms with Gasteiger partial charge >= 0.3 is 5.97 Å². The molecular weight excluding hydrogens is 412 g/mol. The summed E-state index contributed by atoms with van der Waals surface area (Å²) in [7, 11) is 3.85. The molecule has 0 fully saturated rings. The molecular formula is C28H55N2O3+. The molecule has 5 heteroatoms. The summed E-state index contributed by atoms with van der Waals surface area (Å²) < 4.78 is 0.328. The topological polar surface area (TPSA) is 66.4 Å². The molecule has 0 bridgehead atoms. The van der Waals surface area contributed by atoms with E-state index in [9.17, 15) is 14.7 Å². The maximum Gasteiger partial charge on any atom is 0.365 e. The predicted molar refractivity (Wildman–Crippen MR) is 140 cm³/mol. The molecule has 5 nitrogen and oxygen atoms in total. The monoisotopic (exact) mass is 467 g/mol. The number of carbonyl (C=O) groups is 2. The number of carbonyl (C=O) groups excluding carboxylic acids is 1. The highest BCUT2D eigenvalue weighted by molar-refractivity contribution is 5.76. The minimum atomic E-state index is -0.901. The van der Waals surface area contributed by atoms with Crippen LogP contribution in [0, 0.1) is 0 Å². The molecule has 0 aliphatic carbocycles. The molecule has 0 rings (SSSR count). The van der Waals surface area contributed by atoms with Crippen LogP contribution < -0.4 is 5.32 Å². The van der Waals surface area contributed by atoms with E-state index in [0.717, 1.165) is 19.3 Å². The van der Waals surface area contributed by atoms with E-state index in [0.29, 0.717) is 17.4 Å². The number of nitrogens with one attached hydrogen (secondary N) is 1. The molecule has 0 saturated heterocycles. The Hall–Kier alpha value is -1.36. The first kappa shape index (κ1) is 31.6. The van der Waals surface area contributed by atoms with Gasteiger partial charge in [-0.1, -0.05) is 77.4 Å². The fourth-order valence-corrected chi connectivity index (χ4v) is 3.97.